The molecule has 0 atom stereocenters. The van der Waals surface area contributed by atoms with E-state index in [1.54, 1.807) is 8.92 Å². The summed E-state index contributed by atoms with van der Waals surface area (Å²) in [5.74, 6) is 0. The molecule has 0 spiro atoms. The molecular formula is C21H28Se2. The van der Waals surface area contributed by atoms with Crippen molar-refractivity contribution in [3.63, 3.8) is 0 Å². The minimum atomic E-state index is 0.391. The summed E-state index contributed by atoms with van der Waals surface area (Å²) in [5, 5.41) is 0. The van der Waals surface area contributed by atoms with Gasteiger partial charge in [-0.2, -0.15) is 0 Å². The first kappa shape index (κ1) is 18.8. The molecule has 0 N–H and O–H groups in total. The fraction of sp³-hybridized carbons (Fsp3) is 0.429. The van der Waals surface area contributed by atoms with Crippen LogP contribution in [0.5, 0.6) is 0 Å². The molecule has 0 bridgehead atoms. The molecule has 0 fully saturated rings. The molecule has 0 aliphatic heterocycles. The molecule has 124 valence electrons. The Hall–Kier alpha value is -0.521. The van der Waals surface area contributed by atoms with E-state index >= 15 is 0 Å². The number of rotatable bonds is 4. The van der Waals surface area contributed by atoms with Gasteiger partial charge >= 0.3 is 155 Å². The van der Waals surface area contributed by atoms with E-state index in [0.29, 0.717) is 33.1 Å². The van der Waals surface area contributed by atoms with E-state index in [-0.39, 0.29) is 0 Å². The molecule has 0 aromatic heterocycles. The van der Waals surface area contributed by atoms with E-state index < -0.39 is 0 Å². The summed E-state index contributed by atoms with van der Waals surface area (Å²) in [6.45, 7) is 18.3. The van der Waals surface area contributed by atoms with Gasteiger partial charge in [-0.05, 0) is 0 Å². The summed E-state index contributed by atoms with van der Waals surface area (Å²) in [7, 11) is 0. The predicted molar refractivity (Wildman–Crippen MR) is 106 cm³/mol. The maximum absolute atomic E-state index is 2.45. The Morgan fingerprint density at radius 1 is 0.565 bits per heavy atom. The van der Waals surface area contributed by atoms with Gasteiger partial charge in [-0.25, -0.2) is 0 Å². The monoisotopic (exact) mass is 440 g/mol. The van der Waals surface area contributed by atoms with Crippen LogP contribution in [0, 0.1) is 41.5 Å². The van der Waals surface area contributed by atoms with Crippen molar-refractivity contribution in [2.45, 2.75) is 58.6 Å². The molecule has 2 aromatic rings. The van der Waals surface area contributed by atoms with E-state index in [0.717, 1.165) is 0 Å². The first-order valence-corrected chi connectivity index (χ1v) is 11.6. The zero-order valence-electron chi connectivity index (χ0n) is 15.6. The zero-order valence-corrected chi connectivity index (χ0v) is 19.1. The molecule has 0 radical (unpaired) electrons. The van der Waals surface area contributed by atoms with Crippen molar-refractivity contribution < 1.29 is 0 Å². The van der Waals surface area contributed by atoms with Crippen LogP contribution in [0.4, 0.5) is 0 Å². The van der Waals surface area contributed by atoms with Crippen molar-refractivity contribution >= 4 is 38.8 Å². The second-order valence-electron chi connectivity index (χ2n) is 6.97. The van der Waals surface area contributed by atoms with Crippen LogP contribution >= 0.6 is 0 Å². The van der Waals surface area contributed by atoms with Crippen LogP contribution in [0.2, 0.25) is 3.21 Å². The Balaban J connectivity index is 2.22. The quantitative estimate of drug-likeness (QED) is 0.632. The summed E-state index contributed by atoms with van der Waals surface area (Å²) in [6, 6.07) is 9.63. The van der Waals surface area contributed by atoms with Crippen molar-refractivity contribution in [2.75, 3.05) is 0 Å². The van der Waals surface area contributed by atoms with Crippen LogP contribution in [0.3, 0.4) is 0 Å². The molecule has 2 rings (SSSR count). The fourth-order valence-corrected chi connectivity index (χ4v) is 9.70. The Morgan fingerprint density at radius 3 is 1.09 bits per heavy atom. The van der Waals surface area contributed by atoms with Gasteiger partial charge in [0.05, 0.1) is 0 Å². The first-order chi connectivity index (χ1) is 10.6. The average molecular weight is 438 g/mol. The SMILES string of the molecule is Cc1cc([Se]C(C)(C)[Se]c2cc(C)c(C)c(C)c2)cc(C)c1C. The molecule has 0 amide bonds. The third kappa shape index (κ3) is 4.74. The van der Waals surface area contributed by atoms with Crippen LogP contribution in [0.15, 0.2) is 24.3 Å². The second-order valence-corrected chi connectivity index (χ2v) is 15.4. The van der Waals surface area contributed by atoms with Crippen LogP contribution in [0.25, 0.3) is 0 Å². The molecule has 2 heteroatoms. The normalized spacial score (nSPS) is 11.8. The minimum absolute atomic E-state index is 0.391. The molecule has 23 heavy (non-hydrogen) atoms. The van der Waals surface area contributed by atoms with Gasteiger partial charge in [0.25, 0.3) is 0 Å². The van der Waals surface area contributed by atoms with Gasteiger partial charge in [0, 0.05) is 0 Å². The average Bonchev–Trinajstić information content (AvgIpc) is 2.41. The number of hydrogen-bond acceptors (Lipinski definition) is 0. The third-order valence-electron chi connectivity index (χ3n) is 4.53. The predicted octanol–water partition coefficient (Wildman–Crippen LogP) is 4.05. The van der Waals surface area contributed by atoms with Gasteiger partial charge < -0.3 is 0 Å². The Morgan fingerprint density at radius 2 is 0.826 bits per heavy atom. The molecule has 2 aromatic carbocycles. The summed E-state index contributed by atoms with van der Waals surface area (Å²) < 4.78 is 3.48. The molecule has 0 saturated heterocycles. The summed E-state index contributed by atoms with van der Waals surface area (Å²) in [5.41, 5.74) is 8.63. The van der Waals surface area contributed by atoms with Crippen LogP contribution < -0.4 is 8.92 Å². The van der Waals surface area contributed by atoms with Crippen molar-refractivity contribution in [3.8, 4) is 0 Å². The van der Waals surface area contributed by atoms with Gasteiger partial charge in [0.15, 0.2) is 0 Å². The Kier molecular flexibility index (Phi) is 5.85. The van der Waals surface area contributed by atoms with E-state index in [4.69, 9.17) is 0 Å². The van der Waals surface area contributed by atoms with Gasteiger partial charge in [0.2, 0.25) is 0 Å². The van der Waals surface area contributed by atoms with Crippen molar-refractivity contribution in [1.82, 2.24) is 0 Å². The standard InChI is InChI=1S/C21H28Se2/c1-13-9-19(10-14(2)17(13)5)22-21(7,8)23-20-11-15(3)18(6)16(4)12-20/h9-12H,1-8H3. The van der Waals surface area contributed by atoms with Gasteiger partial charge in [-0.1, -0.05) is 0 Å². The maximum atomic E-state index is 2.45. The summed E-state index contributed by atoms with van der Waals surface area (Å²) >= 11 is 1.01. The van der Waals surface area contributed by atoms with E-state index in [1.165, 1.54) is 33.4 Å². The second kappa shape index (κ2) is 7.16. The number of hydrogen-bond donors (Lipinski definition) is 0. The molecule has 0 heterocycles. The zero-order chi connectivity index (χ0) is 17.4. The third-order valence-corrected chi connectivity index (χ3v) is 10.4. The van der Waals surface area contributed by atoms with E-state index in [1.807, 2.05) is 0 Å². The van der Waals surface area contributed by atoms with Gasteiger partial charge in [-0.15, -0.1) is 0 Å². The summed E-state index contributed by atoms with van der Waals surface area (Å²) in [4.78, 5) is 0. The number of benzene rings is 2. The van der Waals surface area contributed by atoms with Crippen LogP contribution in [-0.2, 0) is 0 Å². The van der Waals surface area contributed by atoms with Crippen molar-refractivity contribution in [2.24, 2.45) is 0 Å². The topological polar surface area (TPSA) is 0 Å². The molecular weight excluding hydrogens is 410 g/mol. The molecule has 0 saturated carbocycles. The van der Waals surface area contributed by atoms with Crippen LogP contribution in [-0.4, -0.2) is 29.9 Å². The molecule has 0 aliphatic carbocycles. The van der Waals surface area contributed by atoms with Crippen molar-refractivity contribution in [3.05, 3.63) is 57.6 Å². The Bertz CT molecular complexity index is 619. The first-order valence-electron chi connectivity index (χ1n) is 8.13. The van der Waals surface area contributed by atoms with Gasteiger partial charge in [0.1, 0.15) is 0 Å². The molecule has 0 nitrogen and oxygen atoms in total. The molecule has 0 aliphatic rings. The van der Waals surface area contributed by atoms with Crippen LogP contribution in [0.1, 0.15) is 47.2 Å². The van der Waals surface area contributed by atoms with E-state index in [9.17, 15) is 0 Å². The van der Waals surface area contributed by atoms with Gasteiger partial charge in [-0.3, -0.25) is 0 Å². The fourth-order valence-electron chi connectivity index (χ4n) is 2.70. The van der Waals surface area contributed by atoms with Crippen molar-refractivity contribution in [1.29, 1.82) is 0 Å². The Labute approximate surface area is 154 Å². The summed E-state index contributed by atoms with van der Waals surface area (Å²) in [6.07, 6.45) is 0. The number of aryl methyl sites for hydroxylation is 4. The molecule has 0 unspecified atom stereocenters. The van der Waals surface area contributed by atoms with E-state index in [2.05, 4.69) is 79.7 Å².